The zero-order chi connectivity index (χ0) is 20.6. The largest absolute Gasteiger partial charge is 0.379 e. The van der Waals surface area contributed by atoms with Gasteiger partial charge in [0.15, 0.2) is 5.11 Å². The van der Waals surface area contributed by atoms with Crippen LogP contribution in [-0.4, -0.2) is 60.2 Å². The van der Waals surface area contributed by atoms with Crippen LogP contribution in [0.15, 0.2) is 35.4 Å². The van der Waals surface area contributed by atoms with E-state index in [0.717, 1.165) is 62.8 Å². The quantitative estimate of drug-likeness (QED) is 0.316. The topological polar surface area (TPSA) is 53.8 Å². The average molecular weight is 414 g/mol. The predicted molar refractivity (Wildman–Crippen MR) is 123 cm³/mol. The second-order valence-corrected chi connectivity index (χ2v) is 7.84. The van der Waals surface area contributed by atoms with E-state index in [1.54, 1.807) is 0 Å². The Morgan fingerprint density at radius 3 is 2.62 bits per heavy atom. The number of ether oxygens (including phenoxy) is 1. The highest BCUT2D eigenvalue weighted by Crippen LogP contribution is 2.20. The normalized spacial score (nSPS) is 15.0. The zero-order valence-corrected chi connectivity index (χ0v) is 18.4. The van der Waals surface area contributed by atoms with Gasteiger partial charge in [0, 0.05) is 42.3 Å². The first-order valence-electron chi connectivity index (χ1n) is 10.2. The number of hydrogen-bond acceptors (Lipinski definition) is 4. The molecule has 1 fully saturated rings. The van der Waals surface area contributed by atoms with Crippen molar-refractivity contribution in [1.82, 2.24) is 20.2 Å². The molecule has 0 saturated carbocycles. The number of aryl methyl sites for hydroxylation is 2. The van der Waals surface area contributed by atoms with Gasteiger partial charge < -0.3 is 14.6 Å². The fraction of sp³-hybridized carbons (Fsp3) is 0.455. The van der Waals surface area contributed by atoms with Crippen LogP contribution >= 0.6 is 12.2 Å². The highest BCUT2D eigenvalue weighted by Gasteiger charge is 2.10. The molecule has 1 aromatic carbocycles. The minimum atomic E-state index is 0.551. The van der Waals surface area contributed by atoms with Crippen molar-refractivity contribution < 1.29 is 4.74 Å². The third kappa shape index (κ3) is 6.13. The zero-order valence-electron chi connectivity index (χ0n) is 17.6. The van der Waals surface area contributed by atoms with Crippen LogP contribution in [0.3, 0.4) is 0 Å². The standard InChI is InChI=1S/C22H31N5OS/c1-17-5-7-21(8-6-17)27-18(2)15-20(19(27)3)16-24-25-22(29)23-9-4-10-26-11-13-28-14-12-26/h5-8,15-16H,4,9-14H2,1-3H3,(H2,23,25,29)/b24-16+. The Morgan fingerprint density at radius 1 is 1.17 bits per heavy atom. The van der Waals surface area contributed by atoms with Gasteiger partial charge in [-0.3, -0.25) is 10.3 Å². The van der Waals surface area contributed by atoms with Crippen molar-refractivity contribution in [3.05, 3.63) is 52.8 Å². The molecule has 0 spiro atoms. The third-order valence-electron chi connectivity index (χ3n) is 5.17. The number of aromatic nitrogens is 1. The summed E-state index contributed by atoms with van der Waals surface area (Å²) in [5.74, 6) is 0. The number of benzene rings is 1. The number of nitrogens with zero attached hydrogens (tertiary/aromatic N) is 3. The molecule has 6 nitrogen and oxygen atoms in total. The van der Waals surface area contributed by atoms with Crippen molar-refractivity contribution in [2.24, 2.45) is 5.10 Å². The van der Waals surface area contributed by atoms with Crippen molar-refractivity contribution in [2.75, 3.05) is 39.4 Å². The lowest BCUT2D eigenvalue weighted by Crippen LogP contribution is -2.39. The summed E-state index contributed by atoms with van der Waals surface area (Å²) in [6.45, 7) is 11.9. The molecule has 2 heterocycles. The molecule has 29 heavy (non-hydrogen) atoms. The van der Waals surface area contributed by atoms with Crippen LogP contribution in [0.5, 0.6) is 0 Å². The Bertz CT molecular complexity index is 838. The molecule has 2 N–H and O–H groups in total. The molecule has 1 aliphatic heterocycles. The SMILES string of the molecule is Cc1ccc(-n2c(C)cc(/C=N/NC(=S)NCCCN3CCOCC3)c2C)cc1. The molecule has 1 aliphatic rings. The molecule has 7 heteroatoms. The molecule has 0 radical (unpaired) electrons. The molecule has 0 bridgehead atoms. The summed E-state index contributed by atoms with van der Waals surface area (Å²) in [6, 6.07) is 10.7. The van der Waals surface area contributed by atoms with E-state index in [4.69, 9.17) is 17.0 Å². The maximum atomic E-state index is 5.37. The summed E-state index contributed by atoms with van der Waals surface area (Å²) in [7, 11) is 0. The van der Waals surface area contributed by atoms with Gasteiger partial charge in [-0.25, -0.2) is 0 Å². The van der Waals surface area contributed by atoms with E-state index in [9.17, 15) is 0 Å². The van der Waals surface area contributed by atoms with Crippen molar-refractivity contribution in [2.45, 2.75) is 27.2 Å². The van der Waals surface area contributed by atoms with E-state index in [0.29, 0.717) is 5.11 Å². The van der Waals surface area contributed by atoms with Gasteiger partial charge in [-0.15, -0.1) is 0 Å². The fourth-order valence-electron chi connectivity index (χ4n) is 3.54. The van der Waals surface area contributed by atoms with Gasteiger partial charge in [-0.2, -0.15) is 5.10 Å². The third-order valence-corrected chi connectivity index (χ3v) is 5.41. The minimum Gasteiger partial charge on any atom is -0.379 e. The number of thiocarbonyl (C=S) groups is 1. The van der Waals surface area contributed by atoms with Crippen LogP contribution in [0, 0.1) is 20.8 Å². The van der Waals surface area contributed by atoms with Gasteiger partial charge in [0.25, 0.3) is 0 Å². The number of nitrogens with one attached hydrogen (secondary N) is 2. The summed E-state index contributed by atoms with van der Waals surface area (Å²) in [4.78, 5) is 2.42. The van der Waals surface area contributed by atoms with Crippen molar-refractivity contribution >= 4 is 23.5 Å². The fourth-order valence-corrected chi connectivity index (χ4v) is 3.69. The molecular weight excluding hydrogens is 382 g/mol. The summed E-state index contributed by atoms with van der Waals surface area (Å²) in [5, 5.41) is 8.08. The second kappa shape index (κ2) is 10.5. The lowest BCUT2D eigenvalue weighted by atomic mass is 10.2. The summed E-state index contributed by atoms with van der Waals surface area (Å²) in [6.07, 6.45) is 2.87. The number of hydrazone groups is 1. The summed E-state index contributed by atoms with van der Waals surface area (Å²) >= 11 is 5.32. The molecule has 1 saturated heterocycles. The Balaban J connectivity index is 1.46. The molecule has 0 amide bonds. The first-order valence-corrected chi connectivity index (χ1v) is 10.6. The van der Waals surface area contributed by atoms with Crippen molar-refractivity contribution in [1.29, 1.82) is 0 Å². The Hall–Kier alpha value is -2.22. The van der Waals surface area contributed by atoms with E-state index in [1.807, 2.05) is 6.21 Å². The Morgan fingerprint density at radius 2 is 1.90 bits per heavy atom. The minimum absolute atomic E-state index is 0.551. The molecule has 0 aliphatic carbocycles. The average Bonchev–Trinajstić information content (AvgIpc) is 3.00. The van der Waals surface area contributed by atoms with Gasteiger partial charge in [0.1, 0.15) is 0 Å². The predicted octanol–water partition coefficient (Wildman–Crippen LogP) is 2.92. The Labute approximate surface area is 178 Å². The molecular formula is C22H31N5OS. The smallest absolute Gasteiger partial charge is 0.186 e. The van der Waals surface area contributed by atoms with Crippen LogP contribution in [0.2, 0.25) is 0 Å². The van der Waals surface area contributed by atoms with Gasteiger partial charge in [-0.05, 0) is 64.2 Å². The molecule has 156 valence electrons. The molecule has 1 aromatic heterocycles. The van der Waals surface area contributed by atoms with Crippen molar-refractivity contribution in [3.8, 4) is 5.69 Å². The molecule has 0 unspecified atom stereocenters. The molecule has 3 rings (SSSR count). The number of hydrogen-bond donors (Lipinski definition) is 2. The van der Waals surface area contributed by atoms with Gasteiger partial charge in [0.05, 0.1) is 19.4 Å². The first kappa shape index (κ1) is 21.5. The van der Waals surface area contributed by atoms with E-state index < -0.39 is 0 Å². The highest BCUT2D eigenvalue weighted by molar-refractivity contribution is 7.80. The summed E-state index contributed by atoms with van der Waals surface area (Å²) < 4.78 is 7.61. The van der Waals surface area contributed by atoms with Crippen LogP contribution in [0.1, 0.15) is 28.9 Å². The van der Waals surface area contributed by atoms with Crippen LogP contribution < -0.4 is 10.7 Å². The number of morpholine rings is 1. The van der Waals surface area contributed by atoms with Crippen LogP contribution in [0.4, 0.5) is 0 Å². The van der Waals surface area contributed by atoms with Crippen LogP contribution in [-0.2, 0) is 4.74 Å². The van der Waals surface area contributed by atoms with E-state index in [1.165, 1.54) is 11.3 Å². The van der Waals surface area contributed by atoms with E-state index in [2.05, 4.69) is 76.4 Å². The first-order chi connectivity index (χ1) is 14.0. The summed E-state index contributed by atoms with van der Waals surface area (Å²) in [5.41, 5.74) is 8.75. The van der Waals surface area contributed by atoms with Crippen molar-refractivity contribution in [3.63, 3.8) is 0 Å². The lowest BCUT2D eigenvalue weighted by molar-refractivity contribution is 0.0376. The van der Waals surface area contributed by atoms with Gasteiger partial charge >= 0.3 is 0 Å². The maximum absolute atomic E-state index is 5.37. The van der Waals surface area contributed by atoms with E-state index >= 15 is 0 Å². The lowest BCUT2D eigenvalue weighted by Gasteiger charge is -2.26. The monoisotopic (exact) mass is 413 g/mol. The molecule has 0 atom stereocenters. The Kier molecular flexibility index (Phi) is 7.80. The second-order valence-electron chi connectivity index (χ2n) is 7.43. The highest BCUT2D eigenvalue weighted by atomic mass is 32.1. The number of rotatable bonds is 7. The molecule has 2 aromatic rings. The van der Waals surface area contributed by atoms with Gasteiger partial charge in [0.2, 0.25) is 0 Å². The van der Waals surface area contributed by atoms with Gasteiger partial charge in [-0.1, -0.05) is 17.7 Å². The van der Waals surface area contributed by atoms with Crippen LogP contribution in [0.25, 0.3) is 5.69 Å². The maximum Gasteiger partial charge on any atom is 0.186 e. The van der Waals surface area contributed by atoms with E-state index in [-0.39, 0.29) is 0 Å².